The van der Waals surface area contributed by atoms with Crippen LogP contribution in [-0.4, -0.2) is 39.3 Å². The highest BCUT2D eigenvalue weighted by atomic mass is 16.3. The SMILES string of the molecule is CCc1c[nH]c2ncnc(N3CCC(CC(C)O)CC3)c12. The zero-order valence-corrected chi connectivity index (χ0v) is 12.8. The first-order valence-electron chi connectivity index (χ1n) is 7.93. The van der Waals surface area contributed by atoms with Gasteiger partial charge in [-0.1, -0.05) is 6.92 Å². The van der Waals surface area contributed by atoms with Crippen LogP contribution < -0.4 is 4.90 Å². The van der Waals surface area contributed by atoms with Crippen LogP contribution in [0.4, 0.5) is 5.82 Å². The van der Waals surface area contributed by atoms with E-state index in [1.54, 1.807) is 6.33 Å². The minimum atomic E-state index is -0.191. The van der Waals surface area contributed by atoms with Crippen molar-refractivity contribution < 1.29 is 5.11 Å². The number of aliphatic hydroxyl groups excluding tert-OH is 1. The standard InChI is InChI=1S/C16H24N4O/c1-3-13-9-17-15-14(13)16(19-10-18-15)20-6-4-12(5-7-20)8-11(2)21/h9-12,21H,3-8H2,1-2H3,(H,17,18,19). The van der Waals surface area contributed by atoms with Crippen molar-refractivity contribution >= 4 is 16.9 Å². The van der Waals surface area contributed by atoms with Gasteiger partial charge in [0.05, 0.1) is 11.5 Å². The third-order valence-corrected chi connectivity index (χ3v) is 4.50. The lowest BCUT2D eigenvalue weighted by atomic mass is 9.91. The van der Waals surface area contributed by atoms with Crippen molar-refractivity contribution in [2.75, 3.05) is 18.0 Å². The summed E-state index contributed by atoms with van der Waals surface area (Å²) in [5.41, 5.74) is 2.22. The number of hydrogen-bond acceptors (Lipinski definition) is 4. The summed E-state index contributed by atoms with van der Waals surface area (Å²) in [5, 5.41) is 10.7. The van der Waals surface area contributed by atoms with Gasteiger partial charge in [0.1, 0.15) is 17.8 Å². The number of piperidine rings is 1. The Morgan fingerprint density at radius 3 is 2.81 bits per heavy atom. The molecule has 1 saturated heterocycles. The number of hydrogen-bond donors (Lipinski definition) is 2. The zero-order valence-electron chi connectivity index (χ0n) is 12.8. The zero-order chi connectivity index (χ0) is 14.8. The van der Waals surface area contributed by atoms with Crippen LogP contribution in [0.1, 0.15) is 38.7 Å². The maximum atomic E-state index is 9.53. The van der Waals surface area contributed by atoms with Crippen LogP contribution in [0, 0.1) is 5.92 Å². The van der Waals surface area contributed by atoms with E-state index in [1.807, 2.05) is 13.1 Å². The molecule has 0 bridgehead atoms. The number of fused-ring (bicyclic) bond motifs is 1. The molecule has 114 valence electrons. The number of aromatic amines is 1. The summed E-state index contributed by atoms with van der Waals surface area (Å²) >= 11 is 0. The van der Waals surface area contributed by atoms with Gasteiger partial charge in [0.25, 0.3) is 0 Å². The molecule has 0 radical (unpaired) electrons. The van der Waals surface area contributed by atoms with Gasteiger partial charge in [-0.05, 0) is 44.1 Å². The molecule has 1 aliphatic heterocycles. The monoisotopic (exact) mass is 288 g/mol. The molecule has 3 rings (SSSR count). The molecule has 1 aliphatic rings. The lowest BCUT2D eigenvalue weighted by molar-refractivity contribution is 0.151. The summed E-state index contributed by atoms with van der Waals surface area (Å²) in [4.78, 5) is 14.5. The van der Waals surface area contributed by atoms with Crippen LogP contribution in [0.5, 0.6) is 0 Å². The topological polar surface area (TPSA) is 65.0 Å². The van der Waals surface area contributed by atoms with Crippen LogP contribution >= 0.6 is 0 Å². The van der Waals surface area contributed by atoms with Crippen molar-refractivity contribution in [2.45, 2.75) is 45.6 Å². The average molecular weight is 288 g/mol. The van der Waals surface area contributed by atoms with Crippen LogP contribution in [0.3, 0.4) is 0 Å². The Morgan fingerprint density at radius 1 is 1.38 bits per heavy atom. The van der Waals surface area contributed by atoms with Crippen molar-refractivity contribution in [1.29, 1.82) is 0 Å². The van der Waals surface area contributed by atoms with E-state index in [1.165, 1.54) is 10.9 Å². The third-order valence-electron chi connectivity index (χ3n) is 4.50. The molecule has 1 fully saturated rings. The number of rotatable bonds is 4. The maximum Gasteiger partial charge on any atom is 0.143 e. The van der Waals surface area contributed by atoms with Gasteiger partial charge >= 0.3 is 0 Å². The molecule has 0 aromatic carbocycles. The van der Waals surface area contributed by atoms with Crippen LogP contribution in [-0.2, 0) is 6.42 Å². The molecule has 2 N–H and O–H groups in total. The van der Waals surface area contributed by atoms with E-state index in [0.29, 0.717) is 5.92 Å². The van der Waals surface area contributed by atoms with E-state index in [0.717, 1.165) is 50.2 Å². The average Bonchev–Trinajstić information content (AvgIpc) is 2.90. The molecule has 1 unspecified atom stereocenters. The van der Waals surface area contributed by atoms with E-state index in [-0.39, 0.29) is 6.10 Å². The second kappa shape index (κ2) is 6.02. The van der Waals surface area contributed by atoms with E-state index in [4.69, 9.17) is 0 Å². The van der Waals surface area contributed by atoms with Gasteiger partial charge < -0.3 is 15.0 Å². The Hall–Kier alpha value is -1.62. The normalized spacial score (nSPS) is 18.3. The first-order chi connectivity index (χ1) is 10.2. The number of anilines is 1. The minimum absolute atomic E-state index is 0.191. The van der Waals surface area contributed by atoms with Gasteiger partial charge in [0, 0.05) is 19.3 Å². The van der Waals surface area contributed by atoms with Gasteiger partial charge in [-0.3, -0.25) is 0 Å². The summed E-state index contributed by atoms with van der Waals surface area (Å²) in [6.07, 6.45) is 7.66. The van der Waals surface area contributed by atoms with E-state index >= 15 is 0 Å². The molecule has 21 heavy (non-hydrogen) atoms. The molecule has 3 heterocycles. The molecule has 2 aromatic heterocycles. The van der Waals surface area contributed by atoms with Crippen LogP contribution in [0.25, 0.3) is 11.0 Å². The lowest BCUT2D eigenvalue weighted by Gasteiger charge is -2.33. The molecular formula is C16H24N4O. The van der Waals surface area contributed by atoms with E-state index in [9.17, 15) is 5.11 Å². The smallest absolute Gasteiger partial charge is 0.143 e. The Bertz CT molecular complexity index is 599. The number of H-pyrrole nitrogens is 1. The fourth-order valence-electron chi connectivity index (χ4n) is 3.39. The van der Waals surface area contributed by atoms with Gasteiger partial charge in [-0.15, -0.1) is 0 Å². The molecule has 5 heteroatoms. The molecule has 5 nitrogen and oxygen atoms in total. The van der Waals surface area contributed by atoms with Gasteiger partial charge in [-0.2, -0.15) is 0 Å². The van der Waals surface area contributed by atoms with Gasteiger partial charge in [-0.25, -0.2) is 9.97 Å². The van der Waals surface area contributed by atoms with E-state index < -0.39 is 0 Å². The number of nitrogens with one attached hydrogen (secondary N) is 1. The fourth-order valence-corrected chi connectivity index (χ4v) is 3.39. The largest absolute Gasteiger partial charge is 0.393 e. The quantitative estimate of drug-likeness (QED) is 0.907. The predicted octanol–water partition coefficient (Wildman–Crippen LogP) is 2.51. The molecular weight excluding hydrogens is 264 g/mol. The number of aromatic nitrogens is 3. The van der Waals surface area contributed by atoms with Gasteiger partial charge in [0.15, 0.2) is 0 Å². The highest BCUT2D eigenvalue weighted by Crippen LogP contribution is 2.30. The van der Waals surface area contributed by atoms with Crippen LogP contribution in [0.2, 0.25) is 0 Å². The summed E-state index contributed by atoms with van der Waals surface area (Å²) in [6.45, 7) is 6.07. The second-order valence-corrected chi connectivity index (χ2v) is 6.10. The Kier molecular flexibility index (Phi) is 4.10. The summed E-state index contributed by atoms with van der Waals surface area (Å²) in [6, 6.07) is 0. The van der Waals surface area contributed by atoms with Crippen molar-refractivity contribution in [3.8, 4) is 0 Å². The van der Waals surface area contributed by atoms with Crippen molar-refractivity contribution in [1.82, 2.24) is 15.0 Å². The molecule has 0 aliphatic carbocycles. The van der Waals surface area contributed by atoms with Crippen LogP contribution in [0.15, 0.2) is 12.5 Å². The van der Waals surface area contributed by atoms with Crippen molar-refractivity contribution in [2.24, 2.45) is 5.92 Å². The highest BCUT2D eigenvalue weighted by Gasteiger charge is 2.23. The Morgan fingerprint density at radius 2 is 2.14 bits per heavy atom. The highest BCUT2D eigenvalue weighted by molar-refractivity contribution is 5.90. The van der Waals surface area contributed by atoms with Crippen molar-refractivity contribution in [3.05, 3.63) is 18.1 Å². The predicted molar refractivity (Wildman–Crippen MR) is 84.5 cm³/mol. The number of aryl methyl sites for hydroxylation is 1. The fraction of sp³-hybridized carbons (Fsp3) is 0.625. The lowest BCUT2D eigenvalue weighted by Crippen LogP contribution is -2.35. The third kappa shape index (κ3) is 2.88. The second-order valence-electron chi connectivity index (χ2n) is 6.10. The first kappa shape index (κ1) is 14.3. The molecule has 0 spiro atoms. The Balaban J connectivity index is 1.81. The number of nitrogens with zero attached hydrogens (tertiary/aromatic N) is 3. The minimum Gasteiger partial charge on any atom is -0.393 e. The molecule has 0 amide bonds. The van der Waals surface area contributed by atoms with E-state index in [2.05, 4.69) is 26.8 Å². The molecule has 2 aromatic rings. The Labute approximate surface area is 125 Å². The number of aliphatic hydroxyl groups is 1. The summed E-state index contributed by atoms with van der Waals surface area (Å²) < 4.78 is 0. The molecule has 1 atom stereocenters. The van der Waals surface area contributed by atoms with Gasteiger partial charge in [0.2, 0.25) is 0 Å². The maximum absolute atomic E-state index is 9.53. The van der Waals surface area contributed by atoms with Crippen molar-refractivity contribution in [3.63, 3.8) is 0 Å². The summed E-state index contributed by atoms with van der Waals surface area (Å²) in [7, 11) is 0. The first-order valence-corrected chi connectivity index (χ1v) is 7.93. The molecule has 0 saturated carbocycles. The summed E-state index contributed by atoms with van der Waals surface area (Å²) in [5.74, 6) is 1.70.